The van der Waals surface area contributed by atoms with Crippen LogP contribution in [0.1, 0.15) is 47.5 Å². The summed E-state index contributed by atoms with van der Waals surface area (Å²) < 4.78 is 1.97. The molecule has 0 fully saturated rings. The van der Waals surface area contributed by atoms with Crippen LogP contribution in [0.3, 0.4) is 0 Å². The predicted molar refractivity (Wildman–Crippen MR) is 86.4 cm³/mol. The van der Waals surface area contributed by atoms with Crippen LogP contribution in [0.25, 0.3) is 0 Å². The van der Waals surface area contributed by atoms with Crippen molar-refractivity contribution in [2.45, 2.75) is 46.6 Å². The van der Waals surface area contributed by atoms with Gasteiger partial charge in [-0.1, -0.05) is 13.0 Å². The van der Waals surface area contributed by atoms with Crippen LogP contribution in [-0.4, -0.2) is 21.3 Å². The summed E-state index contributed by atoms with van der Waals surface area (Å²) in [6.45, 7) is 9.44. The molecule has 114 valence electrons. The summed E-state index contributed by atoms with van der Waals surface area (Å²) in [6, 6.07) is 2.57. The second-order valence-electron chi connectivity index (χ2n) is 5.72. The highest BCUT2D eigenvalue weighted by atomic mass is 15.3. The van der Waals surface area contributed by atoms with Crippen molar-refractivity contribution in [2.75, 3.05) is 6.54 Å². The summed E-state index contributed by atoms with van der Waals surface area (Å²) in [7, 11) is 2.01. The highest BCUT2D eigenvalue weighted by Gasteiger charge is 2.15. The van der Waals surface area contributed by atoms with E-state index >= 15 is 0 Å². The average Bonchev–Trinajstić information content (AvgIpc) is 2.69. The number of aromatic nitrogens is 3. The van der Waals surface area contributed by atoms with E-state index in [1.807, 2.05) is 24.1 Å². The molecule has 0 aliphatic heterocycles. The van der Waals surface area contributed by atoms with E-state index in [-0.39, 0.29) is 0 Å². The minimum absolute atomic E-state index is 0.349. The molecule has 4 heteroatoms. The molecule has 1 atom stereocenters. The largest absolute Gasteiger partial charge is 0.310 e. The summed E-state index contributed by atoms with van der Waals surface area (Å²) in [5.41, 5.74) is 6.28. The molecule has 0 bridgehead atoms. The Morgan fingerprint density at radius 2 is 2.00 bits per heavy atom. The first-order valence-corrected chi connectivity index (χ1v) is 7.67. The number of pyridine rings is 1. The second-order valence-corrected chi connectivity index (χ2v) is 5.72. The molecule has 0 spiro atoms. The Bertz CT molecular complexity index is 601. The van der Waals surface area contributed by atoms with E-state index in [0.29, 0.717) is 6.04 Å². The van der Waals surface area contributed by atoms with Crippen molar-refractivity contribution in [1.29, 1.82) is 0 Å². The van der Waals surface area contributed by atoms with Crippen LogP contribution in [0.4, 0.5) is 0 Å². The van der Waals surface area contributed by atoms with Gasteiger partial charge in [-0.3, -0.25) is 9.67 Å². The van der Waals surface area contributed by atoms with Gasteiger partial charge in [0.15, 0.2) is 0 Å². The monoisotopic (exact) mass is 286 g/mol. The molecule has 0 aliphatic carbocycles. The Morgan fingerprint density at radius 3 is 2.57 bits per heavy atom. The molecule has 1 unspecified atom stereocenters. The smallest absolute Gasteiger partial charge is 0.0628 e. The zero-order chi connectivity index (χ0) is 15.4. The fourth-order valence-electron chi connectivity index (χ4n) is 2.87. The lowest BCUT2D eigenvalue weighted by Gasteiger charge is -2.18. The first kappa shape index (κ1) is 15.7. The third-order valence-corrected chi connectivity index (χ3v) is 4.09. The summed E-state index contributed by atoms with van der Waals surface area (Å²) >= 11 is 0. The average molecular weight is 286 g/mol. The quantitative estimate of drug-likeness (QED) is 0.887. The third-order valence-electron chi connectivity index (χ3n) is 4.09. The van der Waals surface area contributed by atoms with Gasteiger partial charge < -0.3 is 5.32 Å². The molecule has 2 heterocycles. The van der Waals surface area contributed by atoms with Gasteiger partial charge in [-0.05, 0) is 56.8 Å². The minimum atomic E-state index is 0.349. The van der Waals surface area contributed by atoms with Gasteiger partial charge in [0.25, 0.3) is 0 Å². The van der Waals surface area contributed by atoms with Crippen LogP contribution in [-0.2, 0) is 13.5 Å². The molecule has 2 aromatic rings. The molecular weight excluding hydrogens is 260 g/mol. The Kier molecular flexibility index (Phi) is 5.12. The normalized spacial score (nSPS) is 12.6. The molecule has 4 nitrogen and oxygen atoms in total. The Morgan fingerprint density at radius 1 is 1.24 bits per heavy atom. The lowest BCUT2D eigenvalue weighted by Crippen LogP contribution is -2.22. The van der Waals surface area contributed by atoms with Gasteiger partial charge in [0.1, 0.15) is 0 Å². The topological polar surface area (TPSA) is 42.7 Å². The van der Waals surface area contributed by atoms with Crippen LogP contribution in [0.5, 0.6) is 0 Å². The number of nitrogens with one attached hydrogen (secondary N) is 1. The molecule has 0 aromatic carbocycles. The van der Waals surface area contributed by atoms with Crippen LogP contribution >= 0.6 is 0 Å². The molecule has 2 aromatic heterocycles. The molecule has 0 aliphatic rings. The molecule has 21 heavy (non-hydrogen) atoms. The number of hydrogen-bond acceptors (Lipinski definition) is 3. The fraction of sp³-hybridized carbons (Fsp3) is 0.529. The highest BCUT2D eigenvalue weighted by Crippen LogP contribution is 2.22. The van der Waals surface area contributed by atoms with Crippen molar-refractivity contribution < 1.29 is 0 Å². The van der Waals surface area contributed by atoms with E-state index < -0.39 is 0 Å². The number of nitrogens with zero attached hydrogens (tertiary/aromatic N) is 3. The number of aryl methyl sites for hydroxylation is 3. The van der Waals surface area contributed by atoms with Gasteiger partial charge in [0.05, 0.1) is 5.69 Å². The fourth-order valence-corrected chi connectivity index (χ4v) is 2.87. The Labute approximate surface area is 127 Å². The van der Waals surface area contributed by atoms with Crippen molar-refractivity contribution in [3.8, 4) is 0 Å². The maximum absolute atomic E-state index is 4.51. The lowest BCUT2D eigenvalue weighted by atomic mass is 9.98. The van der Waals surface area contributed by atoms with Gasteiger partial charge in [0.2, 0.25) is 0 Å². The summed E-state index contributed by atoms with van der Waals surface area (Å²) in [5, 5.41) is 8.08. The number of rotatable bonds is 6. The van der Waals surface area contributed by atoms with Crippen molar-refractivity contribution in [3.63, 3.8) is 0 Å². The van der Waals surface area contributed by atoms with E-state index in [2.05, 4.69) is 49.2 Å². The van der Waals surface area contributed by atoms with Crippen LogP contribution < -0.4 is 5.32 Å². The first-order chi connectivity index (χ1) is 10.0. The van der Waals surface area contributed by atoms with Crippen molar-refractivity contribution in [2.24, 2.45) is 7.05 Å². The molecular formula is C17H26N4. The summed E-state index contributed by atoms with van der Waals surface area (Å²) in [4.78, 5) is 4.33. The third kappa shape index (κ3) is 3.70. The molecule has 0 saturated heterocycles. The predicted octanol–water partition coefficient (Wildman–Crippen LogP) is 3.02. The van der Waals surface area contributed by atoms with Crippen molar-refractivity contribution in [1.82, 2.24) is 20.1 Å². The van der Waals surface area contributed by atoms with Gasteiger partial charge >= 0.3 is 0 Å². The maximum atomic E-state index is 4.51. The van der Waals surface area contributed by atoms with Crippen molar-refractivity contribution >= 4 is 0 Å². The maximum Gasteiger partial charge on any atom is 0.0628 e. The van der Waals surface area contributed by atoms with Gasteiger partial charge in [-0.2, -0.15) is 5.10 Å². The van der Waals surface area contributed by atoms with E-state index in [9.17, 15) is 0 Å². The van der Waals surface area contributed by atoms with E-state index in [1.165, 1.54) is 22.4 Å². The zero-order valence-corrected chi connectivity index (χ0v) is 13.8. The van der Waals surface area contributed by atoms with Crippen LogP contribution in [0, 0.1) is 20.8 Å². The van der Waals surface area contributed by atoms with Gasteiger partial charge in [-0.15, -0.1) is 0 Å². The Hall–Kier alpha value is -1.68. The standard InChI is InChI=1S/C17H26N4/c1-6-19-17(15-9-12(2)10-18-11-15)8-7-16-13(3)20-21(5)14(16)4/h9-11,17,19H,6-8H2,1-5H3. The van der Waals surface area contributed by atoms with Crippen molar-refractivity contribution in [3.05, 3.63) is 46.5 Å². The first-order valence-electron chi connectivity index (χ1n) is 7.67. The highest BCUT2D eigenvalue weighted by molar-refractivity contribution is 5.26. The summed E-state index contributed by atoms with van der Waals surface area (Å²) in [6.07, 6.45) is 5.98. The van der Waals surface area contributed by atoms with Gasteiger partial charge in [-0.25, -0.2) is 0 Å². The van der Waals surface area contributed by atoms with E-state index in [1.54, 1.807) is 0 Å². The molecule has 0 radical (unpaired) electrons. The van der Waals surface area contributed by atoms with Crippen LogP contribution in [0.15, 0.2) is 18.5 Å². The van der Waals surface area contributed by atoms with Crippen LogP contribution in [0.2, 0.25) is 0 Å². The second kappa shape index (κ2) is 6.85. The lowest BCUT2D eigenvalue weighted by molar-refractivity contribution is 0.512. The molecule has 2 rings (SSSR count). The molecule has 0 amide bonds. The molecule has 0 saturated carbocycles. The minimum Gasteiger partial charge on any atom is -0.310 e. The number of hydrogen-bond donors (Lipinski definition) is 1. The van der Waals surface area contributed by atoms with E-state index in [0.717, 1.165) is 25.1 Å². The Balaban J connectivity index is 2.13. The zero-order valence-electron chi connectivity index (χ0n) is 13.8. The van der Waals surface area contributed by atoms with Gasteiger partial charge in [0, 0.05) is 31.2 Å². The SMILES string of the molecule is CCNC(CCc1c(C)nn(C)c1C)c1cncc(C)c1. The molecule has 1 N–H and O–H groups in total. The summed E-state index contributed by atoms with van der Waals surface area (Å²) in [5.74, 6) is 0. The van der Waals surface area contributed by atoms with E-state index in [4.69, 9.17) is 0 Å².